The first-order chi connectivity index (χ1) is 14.1. The summed E-state index contributed by atoms with van der Waals surface area (Å²) in [6, 6.07) is 15.5. The van der Waals surface area contributed by atoms with E-state index >= 15 is 0 Å². The zero-order valence-corrected chi connectivity index (χ0v) is 16.5. The number of rotatable bonds is 6. The Labute approximate surface area is 171 Å². The third-order valence-electron chi connectivity index (χ3n) is 4.60. The summed E-state index contributed by atoms with van der Waals surface area (Å²) in [7, 11) is 0. The largest absolute Gasteiger partial charge is 0.325 e. The Hall–Kier alpha value is -3.18. The van der Waals surface area contributed by atoms with Crippen LogP contribution < -0.4 is 5.32 Å². The van der Waals surface area contributed by atoms with Crippen molar-refractivity contribution in [3.05, 3.63) is 59.9 Å². The van der Waals surface area contributed by atoms with Crippen LogP contribution >= 0.6 is 11.8 Å². The third kappa shape index (κ3) is 4.15. The van der Waals surface area contributed by atoms with E-state index in [1.165, 1.54) is 17.8 Å². The molecular formula is C21H18FN5OS. The molecule has 146 valence electrons. The standard InChI is InChI=1S/C21H18FN5OS/c1-13(20(28)24-15-6-4-5-14(11-15)12-23)29-21-26-25-19(27(21)16-9-10-16)17-7-2-3-8-18(17)22/h2-8,11,13,16H,9-10H2,1H3,(H,24,28)/t13-/m0/s1. The SMILES string of the molecule is C[C@H](Sc1nnc(-c2ccccc2F)n1C1CC1)C(=O)Nc1cccc(C#N)c1. The predicted octanol–water partition coefficient (Wildman–Crippen LogP) is 4.41. The van der Waals surface area contributed by atoms with Crippen LogP contribution in [0, 0.1) is 17.1 Å². The Morgan fingerprint density at radius 2 is 2.07 bits per heavy atom. The van der Waals surface area contributed by atoms with Crippen molar-refractivity contribution in [2.75, 3.05) is 5.32 Å². The van der Waals surface area contributed by atoms with E-state index in [-0.39, 0.29) is 17.8 Å². The maximum atomic E-state index is 14.3. The molecule has 8 heteroatoms. The first-order valence-electron chi connectivity index (χ1n) is 9.24. The van der Waals surface area contributed by atoms with Crippen LogP contribution in [0.4, 0.5) is 10.1 Å². The van der Waals surface area contributed by atoms with Crippen molar-refractivity contribution in [1.29, 1.82) is 5.26 Å². The summed E-state index contributed by atoms with van der Waals surface area (Å²) in [4.78, 5) is 12.6. The fourth-order valence-electron chi connectivity index (χ4n) is 2.97. The Morgan fingerprint density at radius 1 is 1.28 bits per heavy atom. The Morgan fingerprint density at radius 3 is 2.79 bits per heavy atom. The summed E-state index contributed by atoms with van der Waals surface area (Å²) < 4.78 is 16.2. The summed E-state index contributed by atoms with van der Waals surface area (Å²) in [5.74, 6) is -0.0631. The lowest BCUT2D eigenvalue weighted by molar-refractivity contribution is -0.115. The number of amides is 1. The minimum absolute atomic E-state index is 0.206. The molecule has 1 aliphatic rings. The van der Waals surface area contributed by atoms with Gasteiger partial charge in [-0.15, -0.1) is 10.2 Å². The van der Waals surface area contributed by atoms with Gasteiger partial charge in [0.25, 0.3) is 0 Å². The Balaban J connectivity index is 1.54. The van der Waals surface area contributed by atoms with E-state index in [4.69, 9.17) is 5.26 Å². The smallest absolute Gasteiger partial charge is 0.237 e. The summed E-state index contributed by atoms with van der Waals surface area (Å²) in [5.41, 5.74) is 1.45. The van der Waals surface area contributed by atoms with E-state index in [1.807, 2.05) is 4.57 Å². The highest BCUT2D eigenvalue weighted by Gasteiger charge is 2.32. The number of hydrogen-bond donors (Lipinski definition) is 1. The number of nitrogens with zero attached hydrogens (tertiary/aromatic N) is 4. The van der Waals surface area contributed by atoms with Gasteiger partial charge in [-0.3, -0.25) is 9.36 Å². The van der Waals surface area contributed by atoms with Gasteiger partial charge in [0.1, 0.15) is 5.82 Å². The molecule has 3 aromatic rings. The quantitative estimate of drug-likeness (QED) is 0.612. The van der Waals surface area contributed by atoms with E-state index in [2.05, 4.69) is 21.6 Å². The number of benzene rings is 2. The number of carbonyl (C=O) groups excluding carboxylic acids is 1. The van der Waals surface area contributed by atoms with Gasteiger partial charge in [0.15, 0.2) is 11.0 Å². The average molecular weight is 407 g/mol. The minimum atomic E-state index is -0.448. The zero-order chi connectivity index (χ0) is 20.4. The van der Waals surface area contributed by atoms with Crippen LogP contribution in [0.1, 0.15) is 31.4 Å². The van der Waals surface area contributed by atoms with Gasteiger partial charge in [-0.1, -0.05) is 30.0 Å². The van der Waals surface area contributed by atoms with Crippen molar-refractivity contribution in [3.63, 3.8) is 0 Å². The van der Waals surface area contributed by atoms with Crippen LogP contribution in [0.3, 0.4) is 0 Å². The van der Waals surface area contributed by atoms with E-state index in [0.29, 0.717) is 27.8 Å². The molecule has 1 atom stereocenters. The number of anilines is 1. The van der Waals surface area contributed by atoms with Crippen molar-refractivity contribution < 1.29 is 9.18 Å². The highest BCUT2D eigenvalue weighted by atomic mass is 32.2. The first-order valence-corrected chi connectivity index (χ1v) is 10.1. The lowest BCUT2D eigenvalue weighted by atomic mass is 10.2. The van der Waals surface area contributed by atoms with E-state index < -0.39 is 5.25 Å². The Kier molecular flexibility index (Phi) is 5.32. The molecule has 4 rings (SSSR count). The molecular weight excluding hydrogens is 389 g/mol. The molecule has 1 aliphatic carbocycles. The first kappa shape index (κ1) is 19.2. The number of nitriles is 1. The van der Waals surface area contributed by atoms with Crippen LogP contribution in [-0.4, -0.2) is 25.9 Å². The fourth-order valence-corrected chi connectivity index (χ4v) is 3.89. The second-order valence-corrected chi connectivity index (χ2v) is 8.14. The molecule has 0 saturated heterocycles. The molecule has 0 spiro atoms. The highest BCUT2D eigenvalue weighted by Crippen LogP contribution is 2.42. The lowest BCUT2D eigenvalue weighted by Crippen LogP contribution is -2.23. The predicted molar refractivity (Wildman–Crippen MR) is 109 cm³/mol. The normalized spacial score (nSPS) is 14.2. The van der Waals surface area contributed by atoms with Gasteiger partial charge in [0, 0.05) is 11.7 Å². The van der Waals surface area contributed by atoms with Crippen molar-refractivity contribution in [3.8, 4) is 17.5 Å². The van der Waals surface area contributed by atoms with Gasteiger partial charge in [0.2, 0.25) is 5.91 Å². The molecule has 1 aromatic heterocycles. The molecule has 0 radical (unpaired) electrons. The van der Waals surface area contributed by atoms with Crippen LogP contribution in [0.25, 0.3) is 11.4 Å². The summed E-state index contributed by atoms with van der Waals surface area (Å²) in [6.45, 7) is 1.78. The van der Waals surface area contributed by atoms with Gasteiger partial charge in [-0.25, -0.2) is 4.39 Å². The van der Waals surface area contributed by atoms with Crippen molar-refractivity contribution >= 4 is 23.4 Å². The molecule has 6 nitrogen and oxygen atoms in total. The number of aromatic nitrogens is 3. The summed E-state index contributed by atoms with van der Waals surface area (Å²) in [6.07, 6.45) is 1.96. The second-order valence-electron chi connectivity index (χ2n) is 6.83. The second kappa shape index (κ2) is 8.05. The van der Waals surface area contributed by atoms with E-state index in [0.717, 1.165) is 12.8 Å². The molecule has 1 amide bonds. The maximum absolute atomic E-state index is 14.3. The van der Waals surface area contributed by atoms with Crippen LogP contribution in [0.2, 0.25) is 0 Å². The zero-order valence-electron chi connectivity index (χ0n) is 15.7. The highest BCUT2D eigenvalue weighted by molar-refractivity contribution is 8.00. The van der Waals surface area contributed by atoms with Gasteiger partial charge in [0.05, 0.1) is 22.4 Å². The lowest BCUT2D eigenvalue weighted by Gasteiger charge is -2.13. The number of thioether (sulfide) groups is 1. The Bertz CT molecular complexity index is 1100. The van der Waals surface area contributed by atoms with Gasteiger partial charge < -0.3 is 5.32 Å². The summed E-state index contributed by atoms with van der Waals surface area (Å²) in [5, 5.41) is 20.4. The van der Waals surface area contributed by atoms with Crippen LogP contribution in [-0.2, 0) is 4.79 Å². The van der Waals surface area contributed by atoms with E-state index in [1.54, 1.807) is 49.4 Å². The molecule has 0 bridgehead atoms. The van der Waals surface area contributed by atoms with Crippen LogP contribution in [0.5, 0.6) is 0 Å². The summed E-state index contributed by atoms with van der Waals surface area (Å²) >= 11 is 1.29. The molecule has 29 heavy (non-hydrogen) atoms. The van der Waals surface area contributed by atoms with Gasteiger partial charge in [-0.2, -0.15) is 5.26 Å². The average Bonchev–Trinajstić information content (AvgIpc) is 3.49. The molecule has 0 unspecified atom stereocenters. The van der Waals surface area contributed by atoms with E-state index in [9.17, 15) is 9.18 Å². The minimum Gasteiger partial charge on any atom is -0.325 e. The van der Waals surface area contributed by atoms with Crippen molar-refractivity contribution in [1.82, 2.24) is 14.8 Å². The number of nitrogens with one attached hydrogen (secondary N) is 1. The fraction of sp³-hybridized carbons (Fsp3) is 0.238. The molecule has 1 heterocycles. The number of halogens is 1. The van der Waals surface area contributed by atoms with Gasteiger partial charge in [-0.05, 0) is 50.1 Å². The number of carbonyl (C=O) groups is 1. The molecule has 1 fully saturated rings. The van der Waals surface area contributed by atoms with Gasteiger partial charge >= 0.3 is 0 Å². The third-order valence-corrected chi connectivity index (χ3v) is 5.66. The molecule has 2 aromatic carbocycles. The van der Waals surface area contributed by atoms with Crippen LogP contribution in [0.15, 0.2) is 53.7 Å². The molecule has 1 N–H and O–H groups in total. The monoisotopic (exact) mass is 407 g/mol. The maximum Gasteiger partial charge on any atom is 0.237 e. The topological polar surface area (TPSA) is 83.6 Å². The van der Waals surface area contributed by atoms with Crippen molar-refractivity contribution in [2.24, 2.45) is 0 Å². The van der Waals surface area contributed by atoms with Crippen molar-refractivity contribution in [2.45, 2.75) is 36.2 Å². The molecule has 0 aliphatic heterocycles. The number of hydrogen-bond acceptors (Lipinski definition) is 5. The molecule has 1 saturated carbocycles.